The Balaban J connectivity index is 1.31. The van der Waals surface area contributed by atoms with Crippen LogP contribution < -0.4 is 14.8 Å². The molecule has 2 atom stereocenters. The number of nitrogens with one attached hydrogen (secondary N) is 1. The third-order valence-corrected chi connectivity index (χ3v) is 6.25. The molecule has 0 bridgehead atoms. The number of carbonyl (C=O) groups is 2. The predicted octanol–water partition coefficient (Wildman–Crippen LogP) is 4.77. The molecule has 3 aromatic carbocycles. The van der Waals surface area contributed by atoms with Crippen molar-refractivity contribution in [2.75, 3.05) is 20.3 Å². The van der Waals surface area contributed by atoms with Crippen molar-refractivity contribution < 1.29 is 23.8 Å². The molecule has 1 N–H and O–H groups in total. The second-order valence-corrected chi connectivity index (χ2v) is 8.69. The van der Waals surface area contributed by atoms with E-state index in [0.29, 0.717) is 19.6 Å². The summed E-state index contributed by atoms with van der Waals surface area (Å²) in [5, 5.41) is 1.66. The van der Waals surface area contributed by atoms with E-state index < -0.39 is 0 Å². The molecule has 0 aromatic heterocycles. The van der Waals surface area contributed by atoms with Crippen LogP contribution in [0.25, 0.3) is 0 Å². The monoisotopic (exact) mass is 463 g/mol. The zero-order valence-electron chi connectivity index (χ0n) is 18.2. The number of benzene rings is 3. The molecule has 0 aliphatic carbocycles. The van der Waals surface area contributed by atoms with Gasteiger partial charge in [0.1, 0.15) is 24.2 Å². The summed E-state index contributed by atoms with van der Waals surface area (Å²) in [7, 11) is 1.65. The molecule has 6 nitrogen and oxygen atoms in total. The fraction of sp³-hybridized carbons (Fsp3) is 0.231. The van der Waals surface area contributed by atoms with E-state index in [1.54, 1.807) is 7.11 Å². The summed E-state index contributed by atoms with van der Waals surface area (Å²) in [6, 6.07) is 25.5. The van der Waals surface area contributed by atoms with Gasteiger partial charge in [-0.05, 0) is 47.4 Å². The Morgan fingerprint density at radius 2 is 1.52 bits per heavy atom. The molecule has 0 spiro atoms. The van der Waals surface area contributed by atoms with Crippen LogP contribution in [-0.4, -0.2) is 36.7 Å². The normalized spacial score (nSPS) is 16.3. The van der Waals surface area contributed by atoms with Gasteiger partial charge in [0.25, 0.3) is 5.24 Å². The van der Waals surface area contributed by atoms with Crippen LogP contribution in [0, 0.1) is 0 Å². The lowest BCUT2D eigenvalue weighted by atomic mass is 10.0. The number of hydrogen-bond acceptors (Lipinski definition) is 6. The summed E-state index contributed by atoms with van der Waals surface area (Å²) >= 11 is 1.04. The standard InChI is InChI=1S/C26H25NO5S/c1-30-21-13-9-20(10-14-21)24(19-5-3-2-4-6-19)32-16-15-31-22-11-7-18(8-12-22)17-23-25(28)27-26(29)33-23/h2-14,23-24H,15-17H2,1H3,(H,27,28,29). The first kappa shape index (κ1) is 22.9. The zero-order chi connectivity index (χ0) is 23.0. The van der Waals surface area contributed by atoms with Crippen molar-refractivity contribution in [1.29, 1.82) is 0 Å². The average molecular weight is 464 g/mol. The van der Waals surface area contributed by atoms with Gasteiger partial charge in [-0.2, -0.15) is 0 Å². The molecule has 4 rings (SSSR count). The van der Waals surface area contributed by atoms with Crippen LogP contribution in [-0.2, 0) is 16.0 Å². The topological polar surface area (TPSA) is 73.9 Å². The van der Waals surface area contributed by atoms with E-state index in [9.17, 15) is 9.59 Å². The zero-order valence-corrected chi connectivity index (χ0v) is 19.0. The maximum atomic E-state index is 11.7. The smallest absolute Gasteiger partial charge is 0.286 e. The molecule has 7 heteroatoms. The second kappa shape index (κ2) is 11.0. The van der Waals surface area contributed by atoms with Gasteiger partial charge < -0.3 is 14.2 Å². The van der Waals surface area contributed by atoms with Crippen LogP contribution in [0.2, 0.25) is 0 Å². The van der Waals surface area contributed by atoms with Gasteiger partial charge in [-0.3, -0.25) is 14.9 Å². The van der Waals surface area contributed by atoms with Gasteiger partial charge in [0.05, 0.1) is 19.0 Å². The third-order valence-electron chi connectivity index (χ3n) is 5.27. The van der Waals surface area contributed by atoms with E-state index in [2.05, 4.69) is 5.32 Å². The highest BCUT2D eigenvalue weighted by Gasteiger charge is 2.31. The van der Waals surface area contributed by atoms with E-state index in [1.165, 1.54) is 0 Å². The number of rotatable bonds is 10. The minimum atomic E-state index is -0.370. The van der Waals surface area contributed by atoms with Crippen molar-refractivity contribution in [3.8, 4) is 11.5 Å². The SMILES string of the molecule is COc1ccc(C(OCCOc2ccc(CC3SC(=O)NC3=O)cc2)c2ccccc2)cc1. The van der Waals surface area contributed by atoms with Gasteiger partial charge in [-0.25, -0.2) is 0 Å². The lowest BCUT2D eigenvalue weighted by molar-refractivity contribution is -0.118. The molecule has 2 amide bonds. The van der Waals surface area contributed by atoms with Crippen LogP contribution in [0.1, 0.15) is 22.8 Å². The summed E-state index contributed by atoms with van der Waals surface area (Å²) in [5.41, 5.74) is 3.09. The molecule has 3 aromatic rings. The minimum absolute atomic E-state index is 0.208. The van der Waals surface area contributed by atoms with Gasteiger partial charge in [0, 0.05) is 0 Å². The Morgan fingerprint density at radius 1 is 0.848 bits per heavy atom. The Kier molecular flexibility index (Phi) is 7.65. The van der Waals surface area contributed by atoms with Crippen molar-refractivity contribution in [2.24, 2.45) is 0 Å². The Bertz CT molecular complexity index is 1070. The molecule has 0 saturated carbocycles. The summed E-state index contributed by atoms with van der Waals surface area (Å²) in [5.74, 6) is 1.30. The van der Waals surface area contributed by atoms with E-state index in [0.717, 1.165) is 40.0 Å². The molecular formula is C26H25NO5S. The van der Waals surface area contributed by atoms with Crippen LogP contribution in [0.15, 0.2) is 78.9 Å². The van der Waals surface area contributed by atoms with Crippen LogP contribution in [0.5, 0.6) is 11.5 Å². The summed E-state index contributed by atoms with van der Waals surface area (Å²) < 4.78 is 17.3. The van der Waals surface area contributed by atoms with Crippen molar-refractivity contribution in [1.82, 2.24) is 5.32 Å². The molecule has 33 heavy (non-hydrogen) atoms. The third kappa shape index (κ3) is 6.15. The number of carbonyl (C=O) groups excluding carboxylic acids is 2. The lowest BCUT2D eigenvalue weighted by Gasteiger charge is -2.19. The molecule has 0 radical (unpaired) electrons. The van der Waals surface area contributed by atoms with Gasteiger partial charge in [0.2, 0.25) is 5.91 Å². The van der Waals surface area contributed by atoms with Crippen molar-refractivity contribution in [3.63, 3.8) is 0 Å². The van der Waals surface area contributed by atoms with Crippen LogP contribution in [0.4, 0.5) is 4.79 Å². The Morgan fingerprint density at radius 3 is 2.15 bits per heavy atom. The fourth-order valence-corrected chi connectivity index (χ4v) is 4.44. The maximum absolute atomic E-state index is 11.7. The van der Waals surface area contributed by atoms with Crippen molar-refractivity contribution >= 4 is 22.9 Å². The number of imide groups is 1. The highest BCUT2D eigenvalue weighted by atomic mass is 32.2. The van der Waals surface area contributed by atoms with E-state index in [4.69, 9.17) is 14.2 Å². The van der Waals surface area contributed by atoms with E-state index in [1.807, 2.05) is 78.9 Å². The highest BCUT2D eigenvalue weighted by molar-refractivity contribution is 8.15. The highest BCUT2D eigenvalue weighted by Crippen LogP contribution is 2.28. The summed E-state index contributed by atoms with van der Waals surface area (Å²) in [6.45, 7) is 0.808. The largest absolute Gasteiger partial charge is 0.497 e. The van der Waals surface area contributed by atoms with E-state index in [-0.39, 0.29) is 22.5 Å². The van der Waals surface area contributed by atoms with Gasteiger partial charge >= 0.3 is 0 Å². The predicted molar refractivity (Wildman–Crippen MR) is 128 cm³/mol. The number of amides is 2. The van der Waals surface area contributed by atoms with Crippen LogP contribution >= 0.6 is 11.8 Å². The van der Waals surface area contributed by atoms with Gasteiger partial charge in [-0.15, -0.1) is 0 Å². The molecule has 1 heterocycles. The molecular weight excluding hydrogens is 438 g/mol. The van der Waals surface area contributed by atoms with Gasteiger partial charge in [0.15, 0.2) is 0 Å². The number of ether oxygens (including phenoxy) is 3. The maximum Gasteiger partial charge on any atom is 0.286 e. The van der Waals surface area contributed by atoms with E-state index >= 15 is 0 Å². The molecule has 1 aliphatic heterocycles. The number of thioether (sulfide) groups is 1. The molecule has 1 saturated heterocycles. The second-order valence-electron chi connectivity index (χ2n) is 7.51. The lowest BCUT2D eigenvalue weighted by Crippen LogP contribution is -2.25. The molecule has 2 unspecified atom stereocenters. The number of hydrogen-bond donors (Lipinski definition) is 1. The van der Waals surface area contributed by atoms with Crippen molar-refractivity contribution in [3.05, 3.63) is 95.6 Å². The first-order valence-corrected chi connectivity index (χ1v) is 11.5. The minimum Gasteiger partial charge on any atom is -0.497 e. The quantitative estimate of drug-likeness (QED) is 0.437. The fourth-order valence-electron chi connectivity index (χ4n) is 3.58. The van der Waals surface area contributed by atoms with Crippen LogP contribution in [0.3, 0.4) is 0 Å². The summed E-state index contributed by atoms with van der Waals surface area (Å²) in [6.07, 6.45) is 0.299. The molecule has 1 fully saturated rings. The van der Waals surface area contributed by atoms with Crippen molar-refractivity contribution in [2.45, 2.75) is 17.8 Å². The Hall–Kier alpha value is -3.29. The molecule has 1 aliphatic rings. The first-order valence-electron chi connectivity index (χ1n) is 10.7. The van der Waals surface area contributed by atoms with Gasteiger partial charge in [-0.1, -0.05) is 66.4 Å². The molecule has 170 valence electrons. The average Bonchev–Trinajstić information content (AvgIpc) is 3.17. The number of methoxy groups -OCH3 is 1. The first-order chi connectivity index (χ1) is 16.1. The Labute approximate surface area is 197 Å². The summed E-state index contributed by atoms with van der Waals surface area (Å²) in [4.78, 5) is 23.0.